The lowest BCUT2D eigenvalue weighted by molar-refractivity contribution is -0.117. The van der Waals surface area contributed by atoms with Crippen molar-refractivity contribution in [3.63, 3.8) is 0 Å². The molecule has 2 heterocycles. The molecule has 5 heteroatoms. The van der Waals surface area contributed by atoms with Crippen LogP contribution in [0.5, 0.6) is 0 Å². The van der Waals surface area contributed by atoms with Crippen LogP contribution in [0.25, 0.3) is 21.8 Å². The van der Waals surface area contributed by atoms with Gasteiger partial charge in [-0.25, -0.2) is 0 Å². The van der Waals surface area contributed by atoms with Crippen molar-refractivity contribution in [2.75, 3.05) is 11.9 Å². The molecular weight excluding hydrogens is 334 g/mol. The number of rotatable bonds is 3. The number of amides is 1. The molecule has 0 radical (unpaired) electrons. The monoisotopic (exact) mass is 353 g/mol. The Kier molecular flexibility index (Phi) is 4.24. The number of aromatic nitrogens is 1. The highest BCUT2D eigenvalue weighted by Gasteiger charge is 2.25. The fourth-order valence-corrected chi connectivity index (χ4v) is 3.80. The van der Waals surface area contributed by atoms with E-state index in [1.165, 1.54) is 16.4 Å². The number of aryl methyl sites for hydroxylation is 1. The van der Waals surface area contributed by atoms with E-state index in [1.54, 1.807) is 5.54 Å². The van der Waals surface area contributed by atoms with Gasteiger partial charge in [-0.3, -0.25) is 4.79 Å². The van der Waals surface area contributed by atoms with Crippen LogP contribution in [0.15, 0.2) is 53.6 Å². The molecule has 25 heavy (non-hydrogen) atoms. The number of benzene rings is 2. The van der Waals surface area contributed by atoms with Gasteiger partial charge < -0.3 is 15.2 Å². The van der Waals surface area contributed by atoms with Crippen LogP contribution in [0.1, 0.15) is 13.3 Å². The third-order valence-corrected chi connectivity index (χ3v) is 5.18. The number of carbonyl (C=O) groups excluding carboxylic acids is 1. The maximum absolute atomic E-state index is 12.5. The van der Waals surface area contributed by atoms with Crippen molar-refractivity contribution >= 4 is 45.0 Å². The number of halogens is 1. The first-order valence-electron chi connectivity index (χ1n) is 8.54. The van der Waals surface area contributed by atoms with Gasteiger partial charge in [0.1, 0.15) is 0 Å². The van der Waals surface area contributed by atoms with Crippen LogP contribution in [-0.4, -0.2) is 23.1 Å². The molecule has 128 valence electrons. The van der Waals surface area contributed by atoms with E-state index in [4.69, 9.17) is 11.6 Å². The van der Waals surface area contributed by atoms with Gasteiger partial charge >= 0.3 is 0 Å². The van der Waals surface area contributed by atoms with Crippen LogP contribution in [0.3, 0.4) is 0 Å². The fraction of sp³-hybridized carbons (Fsp3) is 0.250. The summed E-state index contributed by atoms with van der Waals surface area (Å²) in [4.78, 5) is 12.5. The lowest BCUT2D eigenvalue weighted by Crippen LogP contribution is -2.35. The Balaban J connectivity index is 1.67. The van der Waals surface area contributed by atoms with Gasteiger partial charge in [-0.2, -0.15) is 0 Å². The van der Waals surface area contributed by atoms with Gasteiger partial charge in [-0.1, -0.05) is 29.8 Å². The molecule has 1 aromatic heterocycles. The summed E-state index contributed by atoms with van der Waals surface area (Å²) in [5, 5.41) is 8.59. The number of hydrogen-bond donors (Lipinski definition) is 2. The fourth-order valence-electron chi connectivity index (χ4n) is 3.63. The van der Waals surface area contributed by atoms with Crippen LogP contribution in [0, 0.1) is 0 Å². The molecule has 1 atom stereocenters. The van der Waals surface area contributed by atoms with Gasteiger partial charge in [0.15, 0.2) is 0 Å². The maximum Gasteiger partial charge on any atom is 0.241 e. The summed E-state index contributed by atoms with van der Waals surface area (Å²) in [7, 11) is 0. The molecule has 1 fully saturated rings. The zero-order valence-electron chi connectivity index (χ0n) is 14.1. The van der Waals surface area contributed by atoms with Crippen molar-refractivity contribution in [1.82, 2.24) is 9.88 Å². The predicted octanol–water partition coefficient (Wildman–Crippen LogP) is 4.24. The van der Waals surface area contributed by atoms with Crippen molar-refractivity contribution in [3.05, 3.63) is 53.6 Å². The highest BCUT2D eigenvalue weighted by Crippen LogP contribution is 2.31. The minimum atomic E-state index is -0.224. The minimum absolute atomic E-state index is 0.0212. The van der Waals surface area contributed by atoms with Gasteiger partial charge in [0.05, 0.1) is 6.04 Å². The van der Waals surface area contributed by atoms with Crippen molar-refractivity contribution in [2.45, 2.75) is 25.9 Å². The molecule has 0 aliphatic carbocycles. The van der Waals surface area contributed by atoms with E-state index in [0.717, 1.165) is 23.2 Å². The summed E-state index contributed by atoms with van der Waals surface area (Å²) in [6.45, 7) is 3.73. The van der Waals surface area contributed by atoms with Gasteiger partial charge in [-0.15, -0.1) is 0 Å². The molecule has 2 aromatic carbocycles. The van der Waals surface area contributed by atoms with Crippen LogP contribution in [0.2, 0.25) is 0 Å². The summed E-state index contributed by atoms with van der Waals surface area (Å²) >= 11 is 5.74. The molecule has 0 spiro atoms. The van der Waals surface area contributed by atoms with Crippen LogP contribution < -0.4 is 10.6 Å². The summed E-state index contributed by atoms with van der Waals surface area (Å²) < 4.78 is 2.30. The van der Waals surface area contributed by atoms with Gasteiger partial charge in [0, 0.05) is 46.1 Å². The van der Waals surface area contributed by atoms with E-state index in [2.05, 4.69) is 58.5 Å². The van der Waals surface area contributed by atoms with Gasteiger partial charge in [0.25, 0.3) is 0 Å². The zero-order chi connectivity index (χ0) is 17.4. The van der Waals surface area contributed by atoms with Crippen LogP contribution in [-0.2, 0) is 11.3 Å². The van der Waals surface area contributed by atoms with Crippen LogP contribution in [0.4, 0.5) is 5.69 Å². The topological polar surface area (TPSA) is 46.1 Å². The van der Waals surface area contributed by atoms with Gasteiger partial charge in [-0.05, 0) is 43.2 Å². The third kappa shape index (κ3) is 2.81. The number of nitrogens with one attached hydrogen (secondary N) is 2. The SMILES string of the molecule is CCn1c2ccccc2c2cc(NC(=O)[C@@H]3C/C(=C\Cl)CN3)ccc21. The zero-order valence-corrected chi connectivity index (χ0v) is 14.8. The molecule has 4 rings (SSSR count). The number of para-hydroxylation sites is 1. The summed E-state index contributed by atoms with van der Waals surface area (Å²) in [6.07, 6.45) is 0.659. The van der Waals surface area contributed by atoms with Crippen LogP contribution >= 0.6 is 11.6 Å². The molecular formula is C20H20ClN3O. The first kappa shape index (κ1) is 16.2. The Labute approximate surface area is 151 Å². The van der Waals surface area contributed by atoms with Crippen molar-refractivity contribution in [2.24, 2.45) is 0 Å². The summed E-state index contributed by atoms with van der Waals surface area (Å²) in [5.41, 5.74) is 5.85. The normalized spacial score (nSPS) is 19.1. The first-order valence-corrected chi connectivity index (χ1v) is 8.98. The number of nitrogens with zero attached hydrogens (tertiary/aromatic N) is 1. The Morgan fingerprint density at radius 1 is 1.28 bits per heavy atom. The molecule has 3 aromatic rings. The summed E-state index contributed by atoms with van der Waals surface area (Å²) in [5.74, 6) is -0.0212. The molecule has 1 saturated heterocycles. The second kappa shape index (κ2) is 6.54. The molecule has 0 bridgehead atoms. The lowest BCUT2D eigenvalue weighted by Gasteiger charge is -2.11. The Hall–Kier alpha value is -2.30. The first-order chi connectivity index (χ1) is 12.2. The van der Waals surface area contributed by atoms with E-state index in [-0.39, 0.29) is 11.9 Å². The molecule has 1 amide bonds. The largest absolute Gasteiger partial charge is 0.341 e. The maximum atomic E-state index is 12.5. The minimum Gasteiger partial charge on any atom is -0.341 e. The number of fused-ring (bicyclic) bond motifs is 3. The van der Waals surface area contributed by atoms with E-state index in [9.17, 15) is 4.79 Å². The second-order valence-corrected chi connectivity index (χ2v) is 6.61. The Morgan fingerprint density at radius 3 is 2.84 bits per heavy atom. The average Bonchev–Trinajstić information content (AvgIpc) is 3.24. The lowest BCUT2D eigenvalue weighted by atomic mass is 10.1. The average molecular weight is 354 g/mol. The summed E-state index contributed by atoms with van der Waals surface area (Å²) in [6, 6.07) is 14.3. The predicted molar refractivity (Wildman–Crippen MR) is 104 cm³/mol. The Morgan fingerprint density at radius 2 is 2.08 bits per heavy atom. The smallest absolute Gasteiger partial charge is 0.241 e. The third-order valence-electron chi connectivity index (χ3n) is 4.87. The van der Waals surface area contributed by atoms with E-state index >= 15 is 0 Å². The molecule has 4 nitrogen and oxygen atoms in total. The highest BCUT2D eigenvalue weighted by molar-refractivity contribution is 6.25. The Bertz CT molecular complexity index is 989. The number of anilines is 1. The van der Waals surface area contributed by atoms with E-state index in [1.807, 2.05) is 6.07 Å². The number of carbonyl (C=O) groups is 1. The standard InChI is InChI=1S/C20H20ClN3O/c1-2-24-18-6-4-3-5-15(18)16-10-14(7-8-19(16)24)23-20(25)17-9-13(11-21)12-22-17/h3-8,10-11,17,22H,2,9,12H2,1H3,(H,23,25)/b13-11+/t17-/m0/s1. The van der Waals surface area contributed by atoms with Gasteiger partial charge in [0.2, 0.25) is 5.91 Å². The second-order valence-electron chi connectivity index (χ2n) is 6.39. The molecule has 0 saturated carbocycles. The molecule has 1 aliphatic rings. The van der Waals surface area contributed by atoms with Crippen molar-refractivity contribution in [3.8, 4) is 0 Å². The van der Waals surface area contributed by atoms with E-state index < -0.39 is 0 Å². The number of hydrogen-bond acceptors (Lipinski definition) is 2. The molecule has 1 aliphatic heterocycles. The quantitative estimate of drug-likeness (QED) is 0.739. The molecule has 2 N–H and O–H groups in total. The van der Waals surface area contributed by atoms with E-state index in [0.29, 0.717) is 13.0 Å². The highest BCUT2D eigenvalue weighted by atomic mass is 35.5. The van der Waals surface area contributed by atoms with Crippen molar-refractivity contribution < 1.29 is 4.79 Å². The molecule has 0 unspecified atom stereocenters. The van der Waals surface area contributed by atoms with Crippen molar-refractivity contribution in [1.29, 1.82) is 0 Å².